The van der Waals surface area contributed by atoms with Gasteiger partial charge in [-0.1, -0.05) is 18.6 Å². The van der Waals surface area contributed by atoms with Crippen LogP contribution in [0.25, 0.3) is 0 Å². The molecule has 19 heavy (non-hydrogen) atoms. The van der Waals surface area contributed by atoms with Crippen LogP contribution in [0.5, 0.6) is 0 Å². The van der Waals surface area contributed by atoms with Gasteiger partial charge in [-0.2, -0.15) is 4.31 Å². The Morgan fingerprint density at radius 2 is 2.00 bits per heavy atom. The molecule has 0 aromatic heterocycles. The van der Waals surface area contributed by atoms with E-state index in [0.717, 1.165) is 19.3 Å². The van der Waals surface area contributed by atoms with E-state index >= 15 is 0 Å². The Hall–Kier alpha value is -1.53. The summed E-state index contributed by atoms with van der Waals surface area (Å²) in [6.45, 7) is 0.416. The van der Waals surface area contributed by atoms with E-state index in [0.29, 0.717) is 13.0 Å². The fourth-order valence-corrected chi connectivity index (χ4v) is 3.39. The third-order valence-electron chi connectivity index (χ3n) is 3.04. The van der Waals surface area contributed by atoms with E-state index in [1.165, 1.54) is 16.4 Å². The third-order valence-corrected chi connectivity index (χ3v) is 4.55. The summed E-state index contributed by atoms with van der Waals surface area (Å²) in [5.41, 5.74) is -0.0159. The minimum atomic E-state index is -1.74. The number of hydrogen-bond donors (Lipinski definition) is 1. The van der Waals surface area contributed by atoms with Crippen molar-refractivity contribution in [2.45, 2.75) is 30.6 Å². The molecule has 0 spiro atoms. The maximum atomic E-state index is 12.4. The standard InChI is InChI=1S/C13H15NO4S/c15-12-8-2-1-5-9-14(12)19(18)11-7-4-3-6-10(11)13(16)17/h3-4,6-7H,1-2,5,8-9H2,(H,16,17). The first-order valence-electron chi connectivity index (χ1n) is 6.16. The van der Waals surface area contributed by atoms with Gasteiger partial charge < -0.3 is 9.66 Å². The van der Waals surface area contributed by atoms with E-state index in [-0.39, 0.29) is 16.4 Å². The number of hydrogen-bond acceptors (Lipinski definition) is 3. The molecule has 2 rings (SSSR count). The molecular formula is C13H15NO4S. The van der Waals surface area contributed by atoms with Gasteiger partial charge >= 0.3 is 5.97 Å². The molecule has 1 aliphatic heterocycles. The van der Waals surface area contributed by atoms with Crippen molar-refractivity contribution in [1.82, 2.24) is 4.31 Å². The summed E-state index contributed by atoms with van der Waals surface area (Å²) < 4.78 is 13.7. The van der Waals surface area contributed by atoms with Gasteiger partial charge in [0.1, 0.15) is 16.9 Å². The fourth-order valence-electron chi connectivity index (χ4n) is 2.05. The van der Waals surface area contributed by atoms with E-state index in [9.17, 15) is 14.1 Å². The van der Waals surface area contributed by atoms with Crippen molar-refractivity contribution in [1.29, 1.82) is 0 Å². The Kier molecular flexibility index (Phi) is 4.44. The van der Waals surface area contributed by atoms with Gasteiger partial charge in [-0.15, -0.1) is 0 Å². The average molecular weight is 281 g/mol. The SMILES string of the molecule is O=C(O)c1ccccc1[S+]([O-])N1CCCCCC1=O. The summed E-state index contributed by atoms with van der Waals surface area (Å²) in [6.07, 6.45) is 2.90. The molecule has 1 atom stereocenters. The molecule has 102 valence electrons. The lowest BCUT2D eigenvalue weighted by Gasteiger charge is -2.22. The van der Waals surface area contributed by atoms with Crippen molar-refractivity contribution in [3.63, 3.8) is 0 Å². The Morgan fingerprint density at radius 1 is 1.26 bits per heavy atom. The maximum absolute atomic E-state index is 12.4. The third kappa shape index (κ3) is 3.08. The van der Waals surface area contributed by atoms with Crippen LogP contribution in [0.3, 0.4) is 0 Å². The molecule has 0 saturated carbocycles. The van der Waals surface area contributed by atoms with E-state index < -0.39 is 17.3 Å². The number of aromatic carboxylic acids is 1. The number of carboxylic acid groups (broad SMARTS) is 1. The minimum absolute atomic E-state index is 0.0159. The lowest BCUT2D eigenvalue weighted by molar-refractivity contribution is -0.126. The van der Waals surface area contributed by atoms with E-state index in [1.807, 2.05) is 0 Å². The van der Waals surface area contributed by atoms with Crippen LogP contribution < -0.4 is 0 Å². The molecule has 1 N–H and O–H groups in total. The van der Waals surface area contributed by atoms with Gasteiger partial charge in [-0.3, -0.25) is 4.79 Å². The zero-order chi connectivity index (χ0) is 13.8. The van der Waals surface area contributed by atoms with Crippen LogP contribution >= 0.6 is 0 Å². The van der Waals surface area contributed by atoms with Crippen molar-refractivity contribution < 1.29 is 19.2 Å². The summed E-state index contributed by atoms with van der Waals surface area (Å²) in [6, 6.07) is 6.10. The molecule has 1 aromatic rings. The highest BCUT2D eigenvalue weighted by atomic mass is 32.2. The maximum Gasteiger partial charge on any atom is 0.340 e. The Balaban J connectivity index is 2.30. The molecule has 6 heteroatoms. The highest BCUT2D eigenvalue weighted by molar-refractivity contribution is 7.89. The number of amides is 1. The molecule has 1 saturated heterocycles. The molecule has 1 unspecified atom stereocenters. The average Bonchev–Trinajstić information content (AvgIpc) is 2.62. The van der Waals surface area contributed by atoms with E-state index in [4.69, 9.17) is 5.11 Å². The number of rotatable bonds is 3. The van der Waals surface area contributed by atoms with Gasteiger partial charge in [-0.25, -0.2) is 4.79 Å². The molecule has 5 nitrogen and oxygen atoms in total. The lowest BCUT2D eigenvalue weighted by atomic mass is 10.2. The summed E-state index contributed by atoms with van der Waals surface area (Å²) >= 11 is -1.74. The largest absolute Gasteiger partial charge is 0.588 e. The van der Waals surface area contributed by atoms with Crippen molar-refractivity contribution in [3.05, 3.63) is 29.8 Å². The smallest absolute Gasteiger partial charge is 0.340 e. The van der Waals surface area contributed by atoms with Gasteiger partial charge in [0.25, 0.3) is 5.91 Å². The number of nitrogens with zero attached hydrogens (tertiary/aromatic N) is 1. The topological polar surface area (TPSA) is 80.7 Å². The predicted octanol–water partition coefficient (Wildman–Crippen LogP) is 1.81. The van der Waals surface area contributed by atoms with Crippen LogP contribution in [0, 0.1) is 0 Å². The van der Waals surface area contributed by atoms with E-state index in [2.05, 4.69) is 0 Å². The molecule has 1 amide bonds. The van der Waals surface area contributed by atoms with E-state index in [1.54, 1.807) is 12.1 Å². The molecule has 1 fully saturated rings. The summed E-state index contributed by atoms with van der Waals surface area (Å²) in [5.74, 6) is -1.30. The molecule has 1 aliphatic rings. The summed E-state index contributed by atoms with van der Waals surface area (Å²) in [5, 5.41) is 9.10. The second-order valence-corrected chi connectivity index (χ2v) is 5.74. The predicted molar refractivity (Wildman–Crippen MR) is 70.0 cm³/mol. The Bertz CT molecular complexity index is 491. The number of benzene rings is 1. The highest BCUT2D eigenvalue weighted by Crippen LogP contribution is 2.23. The van der Waals surface area contributed by atoms with Crippen LogP contribution in [-0.4, -0.2) is 32.4 Å². The van der Waals surface area contributed by atoms with Gasteiger partial charge in [0.05, 0.1) is 6.54 Å². The molecule has 0 radical (unpaired) electrons. The number of carbonyl (C=O) groups excluding carboxylic acids is 1. The highest BCUT2D eigenvalue weighted by Gasteiger charge is 2.32. The zero-order valence-corrected chi connectivity index (χ0v) is 11.2. The zero-order valence-electron chi connectivity index (χ0n) is 10.4. The molecule has 1 heterocycles. The van der Waals surface area contributed by atoms with Gasteiger partial charge in [-0.05, 0) is 25.0 Å². The van der Waals surface area contributed by atoms with Crippen molar-refractivity contribution in [3.8, 4) is 0 Å². The van der Waals surface area contributed by atoms with Crippen molar-refractivity contribution in [2.24, 2.45) is 0 Å². The molecular weight excluding hydrogens is 266 g/mol. The van der Waals surface area contributed by atoms with Gasteiger partial charge in [0.2, 0.25) is 0 Å². The van der Waals surface area contributed by atoms with Gasteiger partial charge in [0.15, 0.2) is 4.90 Å². The molecule has 0 aliphatic carbocycles. The fraction of sp³-hybridized carbons (Fsp3) is 0.385. The van der Waals surface area contributed by atoms with Crippen LogP contribution in [0.2, 0.25) is 0 Å². The molecule has 0 bridgehead atoms. The van der Waals surface area contributed by atoms with Crippen molar-refractivity contribution in [2.75, 3.05) is 6.54 Å². The van der Waals surface area contributed by atoms with Crippen LogP contribution in [0.15, 0.2) is 29.2 Å². The second kappa shape index (κ2) is 6.08. The van der Waals surface area contributed by atoms with Crippen LogP contribution in [0.4, 0.5) is 0 Å². The quantitative estimate of drug-likeness (QED) is 0.857. The number of carboxylic acids is 1. The first-order valence-corrected chi connectivity index (χ1v) is 7.26. The molecule has 1 aromatic carbocycles. The number of carbonyl (C=O) groups is 2. The Labute approximate surface area is 114 Å². The van der Waals surface area contributed by atoms with Gasteiger partial charge in [0, 0.05) is 6.42 Å². The lowest BCUT2D eigenvalue weighted by Crippen LogP contribution is -2.37. The van der Waals surface area contributed by atoms with Crippen LogP contribution in [-0.2, 0) is 16.2 Å². The normalized spacial score (nSPS) is 17.9. The minimum Gasteiger partial charge on any atom is -0.588 e. The second-order valence-electron chi connectivity index (χ2n) is 4.36. The van der Waals surface area contributed by atoms with Crippen LogP contribution in [0.1, 0.15) is 36.0 Å². The first-order chi connectivity index (χ1) is 9.11. The monoisotopic (exact) mass is 281 g/mol. The summed E-state index contributed by atoms with van der Waals surface area (Å²) in [7, 11) is 0. The van der Waals surface area contributed by atoms with Crippen molar-refractivity contribution >= 4 is 23.2 Å². The first kappa shape index (κ1) is 13.9. The Morgan fingerprint density at radius 3 is 2.74 bits per heavy atom. The summed E-state index contributed by atoms with van der Waals surface area (Å²) in [4.78, 5) is 23.2.